The summed E-state index contributed by atoms with van der Waals surface area (Å²) in [6, 6.07) is 13.9. The lowest BCUT2D eigenvalue weighted by molar-refractivity contribution is -0.130. The first-order valence-electron chi connectivity index (χ1n) is 10.1. The van der Waals surface area contributed by atoms with Crippen LogP contribution in [-0.4, -0.2) is 35.3 Å². The predicted molar refractivity (Wildman–Crippen MR) is 114 cm³/mol. The third kappa shape index (κ3) is 4.40. The van der Waals surface area contributed by atoms with Crippen LogP contribution in [0.4, 0.5) is 0 Å². The minimum Gasteiger partial charge on any atom is -0.464 e. The number of carbonyl (C=O) groups is 1. The molecule has 0 saturated carbocycles. The van der Waals surface area contributed by atoms with E-state index in [9.17, 15) is 9.59 Å². The Morgan fingerprint density at radius 3 is 2.59 bits per heavy atom. The number of hydrogen-bond donors (Lipinski definition) is 0. The molecule has 1 aliphatic rings. The Hall–Kier alpha value is -2.92. The average Bonchev–Trinajstić information content (AvgIpc) is 2.87. The van der Waals surface area contributed by atoms with Crippen LogP contribution in [0.5, 0.6) is 0 Å². The number of rotatable bonds is 4. The quantitative estimate of drug-likeness (QED) is 0.682. The van der Waals surface area contributed by atoms with Crippen molar-refractivity contribution >= 4 is 16.9 Å². The number of fused-ring (bicyclic) bond motifs is 1. The third-order valence-corrected chi connectivity index (χ3v) is 5.53. The van der Waals surface area contributed by atoms with Gasteiger partial charge in [-0.05, 0) is 31.5 Å². The minimum atomic E-state index is 0.0159. The summed E-state index contributed by atoms with van der Waals surface area (Å²) in [6.07, 6.45) is 2.03. The number of amides is 1. The van der Waals surface area contributed by atoms with E-state index in [1.54, 1.807) is 6.26 Å². The topological polar surface area (TPSA) is 53.8 Å². The normalized spacial score (nSPS) is 15.7. The number of benzene rings is 2. The number of hydrogen-bond acceptors (Lipinski definition) is 4. The fraction of sp³-hybridized carbons (Fsp3) is 0.333. The van der Waals surface area contributed by atoms with Crippen LogP contribution >= 0.6 is 0 Å². The molecule has 0 bridgehead atoms. The zero-order valence-electron chi connectivity index (χ0n) is 17.0. The van der Waals surface area contributed by atoms with Crippen molar-refractivity contribution in [2.75, 3.05) is 19.6 Å². The van der Waals surface area contributed by atoms with Gasteiger partial charge in [-0.3, -0.25) is 14.5 Å². The molecule has 4 rings (SSSR count). The molecule has 150 valence electrons. The Morgan fingerprint density at radius 2 is 1.76 bits per heavy atom. The maximum Gasteiger partial charge on any atom is 0.224 e. The van der Waals surface area contributed by atoms with Gasteiger partial charge in [-0.1, -0.05) is 41.5 Å². The van der Waals surface area contributed by atoms with Crippen LogP contribution in [-0.2, 0) is 17.9 Å². The Kier molecular flexibility index (Phi) is 5.49. The van der Waals surface area contributed by atoms with E-state index in [2.05, 4.69) is 30.0 Å². The van der Waals surface area contributed by atoms with Gasteiger partial charge in [-0.25, -0.2) is 0 Å². The van der Waals surface area contributed by atoms with Crippen LogP contribution in [0.2, 0.25) is 0 Å². The highest BCUT2D eigenvalue weighted by Gasteiger charge is 2.22. The van der Waals surface area contributed by atoms with Gasteiger partial charge in [0.15, 0.2) is 5.43 Å². The van der Waals surface area contributed by atoms with Crippen molar-refractivity contribution in [1.82, 2.24) is 9.80 Å². The first kappa shape index (κ1) is 19.4. The summed E-state index contributed by atoms with van der Waals surface area (Å²) >= 11 is 0. The van der Waals surface area contributed by atoms with E-state index in [0.29, 0.717) is 49.1 Å². The molecule has 1 aliphatic heterocycles. The van der Waals surface area contributed by atoms with E-state index >= 15 is 0 Å². The molecule has 0 N–H and O–H groups in total. The van der Waals surface area contributed by atoms with Crippen LogP contribution in [0.25, 0.3) is 11.0 Å². The molecule has 0 unspecified atom stereocenters. The molecule has 2 aromatic carbocycles. The lowest BCUT2D eigenvalue weighted by atomic mass is 10.1. The molecule has 29 heavy (non-hydrogen) atoms. The second kappa shape index (κ2) is 8.21. The summed E-state index contributed by atoms with van der Waals surface area (Å²) in [5.74, 6) is 0.162. The third-order valence-electron chi connectivity index (χ3n) is 5.53. The van der Waals surface area contributed by atoms with Gasteiger partial charge in [0.2, 0.25) is 5.91 Å². The van der Waals surface area contributed by atoms with Gasteiger partial charge in [-0.15, -0.1) is 0 Å². The van der Waals surface area contributed by atoms with Crippen molar-refractivity contribution in [1.29, 1.82) is 0 Å². The molecular formula is C24H26N2O3. The number of aryl methyl sites for hydroxylation is 2. The Labute approximate surface area is 170 Å². The molecule has 0 radical (unpaired) electrons. The lowest BCUT2D eigenvalue weighted by Crippen LogP contribution is -2.33. The maximum absolute atomic E-state index is 12.9. The van der Waals surface area contributed by atoms with Crippen molar-refractivity contribution in [2.24, 2.45) is 0 Å². The van der Waals surface area contributed by atoms with Gasteiger partial charge in [0.1, 0.15) is 5.58 Å². The van der Waals surface area contributed by atoms with Crippen molar-refractivity contribution < 1.29 is 9.21 Å². The molecule has 0 atom stereocenters. The highest BCUT2D eigenvalue weighted by Crippen LogP contribution is 2.16. The van der Waals surface area contributed by atoms with E-state index in [1.165, 1.54) is 5.56 Å². The fourth-order valence-corrected chi connectivity index (χ4v) is 3.90. The summed E-state index contributed by atoms with van der Waals surface area (Å²) in [5.41, 5.74) is 4.65. The van der Waals surface area contributed by atoms with Crippen LogP contribution < -0.4 is 5.43 Å². The molecule has 0 spiro atoms. The first-order valence-corrected chi connectivity index (χ1v) is 10.1. The second-order valence-electron chi connectivity index (χ2n) is 7.92. The van der Waals surface area contributed by atoms with E-state index in [-0.39, 0.29) is 11.3 Å². The lowest BCUT2D eigenvalue weighted by Gasteiger charge is -2.22. The fourth-order valence-electron chi connectivity index (χ4n) is 3.90. The van der Waals surface area contributed by atoms with Crippen molar-refractivity contribution in [3.8, 4) is 0 Å². The minimum absolute atomic E-state index is 0.0159. The molecule has 0 aliphatic carbocycles. The highest BCUT2D eigenvalue weighted by molar-refractivity contribution is 5.78. The molecule has 2 heterocycles. The SMILES string of the molecule is Cc1cccc(CN2CCN(Cc3coc4ccc(C)cc4c3=O)CCC2=O)c1. The van der Waals surface area contributed by atoms with Crippen LogP contribution in [0.1, 0.15) is 28.7 Å². The van der Waals surface area contributed by atoms with E-state index < -0.39 is 0 Å². The monoisotopic (exact) mass is 390 g/mol. The Balaban J connectivity index is 1.47. The van der Waals surface area contributed by atoms with Gasteiger partial charge >= 0.3 is 0 Å². The van der Waals surface area contributed by atoms with Crippen LogP contribution in [0, 0.1) is 13.8 Å². The summed E-state index contributed by atoms with van der Waals surface area (Å²) in [7, 11) is 0. The largest absolute Gasteiger partial charge is 0.464 e. The highest BCUT2D eigenvalue weighted by atomic mass is 16.3. The standard InChI is InChI=1S/C24H26N2O3/c1-17-4-3-5-19(12-17)14-26-11-10-25(9-8-23(26)27)15-20-16-29-22-7-6-18(2)13-21(22)24(20)28/h3-7,12-13,16H,8-11,14-15H2,1-2H3. The zero-order valence-corrected chi connectivity index (χ0v) is 17.0. The zero-order chi connectivity index (χ0) is 20.4. The van der Waals surface area contributed by atoms with Gasteiger partial charge in [-0.2, -0.15) is 0 Å². The van der Waals surface area contributed by atoms with E-state index in [0.717, 1.165) is 17.7 Å². The number of carbonyl (C=O) groups excluding carboxylic acids is 1. The Morgan fingerprint density at radius 1 is 0.931 bits per heavy atom. The molecule has 1 fully saturated rings. The predicted octanol–water partition coefficient (Wildman–Crippen LogP) is 3.64. The first-order chi connectivity index (χ1) is 14.0. The molecule has 3 aromatic rings. The van der Waals surface area contributed by atoms with Crippen molar-refractivity contribution in [3.05, 3.63) is 81.2 Å². The summed E-state index contributed by atoms with van der Waals surface area (Å²) in [5, 5.41) is 0.620. The summed E-state index contributed by atoms with van der Waals surface area (Å²) in [6.45, 7) is 7.20. The van der Waals surface area contributed by atoms with Gasteiger partial charge in [0, 0.05) is 44.7 Å². The molecular weight excluding hydrogens is 364 g/mol. The average molecular weight is 390 g/mol. The molecule has 1 saturated heterocycles. The van der Waals surface area contributed by atoms with Crippen LogP contribution in [0.15, 0.2) is 57.9 Å². The smallest absolute Gasteiger partial charge is 0.224 e. The van der Waals surface area contributed by atoms with Gasteiger partial charge in [0.25, 0.3) is 0 Å². The van der Waals surface area contributed by atoms with Crippen molar-refractivity contribution in [2.45, 2.75) is 33.4 Å². The van der Waals surface area contributed by atoms with Crippen LogP contribution in [0.3, 0.4) is 0 Å². The molecule has 1 amide bonds. The van der Waals surface area contributed by atoms with E-state index in [4.69, 9.17) is 4.42 Å². The van der Waals surface area contributed by atoms with Gasteiger partial charge < -0.3 is 9.32 Å². The summed E-state index contributed by atoms with van der Waals surface area (Å²) in [4.78, 5) is 29.6. The van der Waals surface area contributed by atoms with Crippen molar-refractivity contribution in [3.63, 3.8) is 0 Å². The number of nitrogens with zero attached hydrogens (tertiary/aromatic N) is 2. The van der Waals surface area contributed by atoms with E-state index in [1.807, 2.05) is 36.1 Å². The second-order valence-corrected chi connectivity index (χ2v) is 7.92. The maximum atomic E-state index is 12.9. The van der Waals surface area contributed by atoms with Gasteiger partial charge in [0.05, 0.1) is 11.6 Å². The molecule has 5 heteroatoms. The Bertz CT molecular complexity index is 1100. The molecule has 1 aromatic heterocycles. The molecule has 5 nitrogen and oxygen atoms in total. The summed E-state index contributed by atoms with van der Waals surface area (Å²) < 4.78 is 5.68.